The highest BCUT2D eigenvalue weighted by molar-refractivity contribution is 5.19. The van der Waals surface area contributed by atoms with Crippen LogP contribution in [0.3, 0.4) is 0 Å². The molecule has 110 valence electrons. The van der Waals surface area contributed by atoms with E-state index in [1.807, 2.05) is 0 Å². The minimum Gasteiger partial charge on any atom is -0.308 e. The summed E-state index contributed by atoms with van der Waals surface area (Å²) in [5, 5.41) is 3.89. The maximum Gasteiger partial charge on any atom is 0.0324 e. The van der Waals surface area contributed by atoms with Gasteiger partial charge in [0.05, 0.1) is 0 Å². The Kier molecular flexibility index (Phi) is 4.13. The fourth-order valence-electron chi connectivity index (χ4n) is 4.13. The molecule has 1 N–H and O–H groups in total. The van der Waals surface area contributed by atoms with Gasteiger partial charge in [0.15, 0.2) is 0 Å². The van der Waals surface area contributed by atoms with Gasteiger partial charge in [-0.15, -0.1) is 0 Å². The standard InChI is InChI=1S/C18H28N2/c1-3-17-13-19-18(11-7-8-12-18)14-20(17)15(2)16-9-5-4-6-10-16/h4-6,9-10,15,17,19H,3,7-8,11-14H2,1-2H3. The van der Waals surface area contributed by atoms with E-state index in [0.717, 1.165) is 6.54 Å². The van der Waals surface area contributed by atoms with E-state index in [0.29, 0.717) is 17.6 Å². The predicted molar refractivity (Wildman–Crippen MR) is 84.8 cm³/mol. The maximum absolute atomic E-state index is 3.89. The lowest BCUT2D eigenvalue weighted by atomic mass is 9.89. The van der Waals surface area contributed by atoms with Gasteiger partial charge in [-0.3, -0.25) is 4.90 Å². The zero-order valence-electron chi connectivity index (χ0n) is 12.9. The third-order valence-electron chi connectivity index (χ3n) is 5.48. The van der Waals surface area contributed by atoms with Crippen molar-refractivity contribution in [3.8, 4) is 0 Å². The minimum absolute atomic E-state index is 0.411. The molecule has 1 aliphatic heterocycles. The number of hydrogen-bond donors (Lipinski definition) is 1. The van der Waals surface area contributed by atoms with E-state index < -0.39 is 0 Å². The monoisotopic (exact) mass is 272 g/mol. The van der Waals surface area contributed by atoms with Gasteiger partial charge in [0, 0.05) is 30.7 Å². The average molecular weight is 272 g/mol. The first-order valence-electron chi connectivity index (χ1n) is 8.30. The zero-order valence-corrected chi connectivity index (χ0v) is 12.9. The molecule has 2 atom stereocenters. The number of benzene rings is 1. The highest BCUT2D eigenvalue weighted by Gasteiger charge is 2.41. The fourth-order valence-corrected chi connectivity index (χ4v) is 4.13. The van der Waals surface area contributed by atoms with E-state index in [1.165, 1.54) is 44.2 Å². The third kappa shape index (κ3) is 2.64. The Morgan fingerprint density at radius 3 is 2.60 bits per heavy atom. The van der Waals surface area contributed by atoms with Crippen LogP contribution in [0.25, 0.3) is 0 Å². The van der Waals surface area contributed by atoms with Gasteiger partial charge in [0.1, 0.15) is 0 Å². The van der Waals surface area contributed by atoms with Gasteiger partial charge < -0.3 is 5.32 Å². The Bertz CT molecular complexity index is 422. The molecular formula is C18H28N2. The summed E-state index contributed by atoms with van der Waals surface area (Å²) in [7, 11) is 0. The summed E-state index contributed by atoms with van der Waals surface area (Å²) >= 11 is 0. The highest BCUT2D eigenvalue weighted by Crippen LogP contribution is 2.36. The second-order valence-electron chi connectivity index (χ2n) is 6.69. The predicted octanol–water partition coefficient (Wildman–Crippen LogP) is 3.74. The van der Waals surface area contributed by atoms with Crippen LogP contribution in [0.1, 0.15) is 57.6 Å². The van der Waals surface area contributed by atoms with Crippen LogP contribution in [-0.4, -0.2) is 29.6 Å². The van der Waals surface area contributed by atoms with Crippen molar-refractivity contribution in [1.29, 1.82) is 0 Å². The first kappa shape index (κ1) is 14.1. The number of piperazine rings is 1. The average Bonchev–Trinajstić information content (AvgIpc) is 2.95. The van der Waals surface area contributed by atoms with Crippen LogP contribution in [-0.2, 0) is 0 Å². The molecule has 1 aliphatic carbocycles. The van der Waals surface area contributed by atoms with Crippen molar-refractivity contribution in [3.63, 3.8) is 0 Å². The lowest BCUT2D eigenvalue weighted by molar-refractivity contribution is 0.0462. The normalized spacial score (nSPS) is 27.8. The summed E-state index contributed by atoms with van der Waals surface area (Å²) in [5.74, 6) is 0. The number of rotatable bonds is 3. The van der Waals surface area contributed by atoms with E-state index in [4.69, 9.17) is 0 Å². The second-order valence-corrected chi connectivity index (χ2v) is 6.69. The molecular weight excluding hydrogens is 244 g/mol. The van der Waals surface area contributed by atoms with Gasteiger partial charge in [-0.1, -0.05) is 50.1 Å². The van der Waals surface area contributed by atoms with Crippen LogP contribution < -0.4 is 5.32 Å². The van der Waals surface area contributed by atoms with Crippen LogP contribution in [0.15, 0.2) is 30.3 Å². The second kappa shape index (κ2) is 5.87. The Balaban J connectivity index is 1.80. The largest absolute Gasteiger partial charge is 0.308 e. The van der Waals surface area contributed by atoms with Crippen molar-refractivity contribution in [2.45, 2.75) is 63.6 Å². The van der Waals surface area contributed by atoms with Crippen molar-refractivity contribution < 1.29 is 0 Å². The molecule has 0 radical (unpaired) electrons. The molecule has 2 heteroatoms. The quantitative estimate of drug-likeness (QED) is 0.901. The Hall–Kier alpha value is -0.860. The van der Waals surface area contributed by atoms with Crippen LogP contribution >= 0.6 is 0 Å². The molecule has 1 spiro atoms. The van der Waals surface area contributed by atoms with E-state index in [-0.39, 0.29) is 0 Å². The molecule has 1 aromatic carbocycles. The highest BCUT2D eigenvalue weighted by atomic mass is 15.3. The van der Waals surface area contributed by atoms with Gasteiger partial charge >= 0.3 is 0 Å². The summed E-state index contributed by atoms with van der Waals surface area (Å²) in [6.07, 6.45) is 6.76. The molecule has 2 fully saturated rings. The smallest absolute Gasteiger partial charge is 0.0324 e. The number of hydrogen-bond acceptors (Lipinski definition) is 2. The Labute approximate surface area is 123 Å². The molecule has 1 aromatic rings. The van der Waals surface area contributed by atoms with E-state index in [1.54, 1.807) is 0 Å². The first-order valence-corrected chi connectivity index (χ1v) is 8.30. The molecule has 0 aromatic heterocycles. The summed E-state index contributed by atoms with van der Waals surface area (Å²) in [6.45, 7) is 7.09. The van der Waals surface area contributed by atoms with E-state index in [9.17, 15) is 0 Å². The van der Waals surface area contributed by atoms with Crippen molar-refractivity contribution in [2.75, 3.05) is 13.1 Å². The van der Waals surface area contributed by atoms with Crippen molar-refractivity contribution in [1.82, 2.24) is 10.2 Å². The molecule has 0 amide bonds. The topological polar surface area (TPSA) is 15.3 Å². The zero-order chi connectivity index (χ0) is 14.0. The molecule has 20 heavy (non-hydrogen) atoms. The minimum atomic E-state index is 0.411. The Morgan fingerprint density at radius 1 is 1.25 bits per heavy atom. The van der Waals surface area contributed by atoms with E-state index >= 15 is 0 Å². The lowest BCUT2D eigenvalue weighted by Gasteiger charge is -2.49. The van der Waals surface area contributed by atoms with Crippen LogP contribution in [0.2, 0.25) is 0 Å². The maximum atomic E-state index is 3.89. The fraction of sp³-hybridized carbons (Fsp3) is 0.667. The van der Waals surface area contributed by atoms with Crippen LogP contribution in [0.5, 0.6) is 0 Å². The molecule has 2 unspecified atom stereocenters. The van der Waals surface area contributed by atoms with Crippen LogP contribution in [0, 0.1) is 0 Å². The van der Waals surface area contributed by atoms with Crippen molar-refractivity contribution in [2.24, 2.45) is 0 Å². The summed E-state index contributed by atoms with van der Waals surface area (Å²) < 4.78 is 0. The lowest BCUT2D eigenvalue weighted by Crippen LogP contribution is -2.63. The SMILES string of the molecule is CCC1CNC2(CCCC2)CN1C(C)c1ccccc1. The molecule has 2 aliphatic rings. The van der Waals surface area contributed by atoms with Gasteiger partial charge in [0.25, 0.3) is 0 Å². The molecule has 2 nitrogen and oxygen atoms in total. The molecule has 0 bridgehead atoms. The molecule has 1 saturated heterocycles. The van der Waals surface area contributed by atoms with Crippen molar-refractivity contribution >= 4 is 0 Å². The third-order valence-corrected chi connectivity index (χ3v) is 5.48. The summed E-state index contributed by atoms with van der Waals surface area (Å²) in [4.78, 5) is 2.76. The van der Waals surface area contributed by atoms with Gasteiger partial charge in [0.2, 0.25) is 0 Å². The number of nitrogens with one attached hydrogen (secondary N) is 1. The van der Waals surface area contributed by atoms with Gasteiger partial charge in [-0.2, -0.15) is 0 Å². The van der Waals surface area contributed by atoms with Crippen molar-refractivity contribution in [3.05, 3.63) is 35.9 Å². The molecule has 1 saturated carbocycles. The summed E-state index contributed by atoms with van der Waals surface area (Å²) in [6, 6.07) is 12.2. The van der Waals surface area contributed by atoms with E-state index in [2.05, 4.69) is 54.4 Å². The Morgan fingerprint density at radius 2 is 1.95 bits per heavy atom. The summed E-state index contributed by atoms with van der Waals surface area (Å²) in [5.41, 5.74) is 1.87. The molecule has 3 rings (SSSR count). The molecule has 1 heterocycles. The van der Waals surface area contributed by atoms with Crippen LogP contribution in [0.4, 0.5) is 0 Å². The number of nitrogens with zero attached hydrogens (tertiary/aromatic N) is 1. The van der Waals surface area contributed by atoms with Gasteiger partial charge in [-0.05, 0) is 31.7 Å². The van der Waals surface area contributed by atoms with Gasteiger partial charge in [-0.25, -0.2) is 0 Å². The first-order chi connectivity index (χ1) is 9.74.